The Morgan fingerprint density at radius 1 is 0.833 bits per heavy atom. The van der Waals surface area contributed by atoms with Crippen molar-refractivity contribution in [3.05, 3.63) is 29.6 Å². The lowest BCUT2D eigenvalue weighted by atomic mass is 9.67. The molecule has 0 spiro atoms. The van der Waals surface area contributed by atoms with E-state index < -0.39 is 0 Å². The number of hydrogen-bond donors (Lipinski definition) is 0. The van der Waals surface area contributed by atoms with Gasteiger partial charge in [-0.1, -0.05) is 103 Å². The highest BCUT2D eigenvalue weighted by molar-refractivity contribution is 5.72. The van der Waals surface area contributed by atoms with Crippen molar-refractivity contribution in [3.8, 4) is 5.75 Å². The van der Waals surface area contributed by atoms with Gasteiger partial charge in [-0.05, 0) is 73.8 Å². The molecule has 1 unspecified atom stereocenters. The Hall–Kier alpha value is -1.38. The highest BCUT2D eigenvalue weighted by Crippen LogP contribution is 2.43. The molecule has 2 saturated carbocycles. The van der Waals surface area contributed by atoms with Gasteiger partial charge < -0.3 is 4.74 Å². The summed E-state index contributed by atoms with van der Waals surface area (Å²) in [5.41, 5.74) is 0.731. The number of aryl methyl sites for hydroxylation is 1. The highest BCUT2D eigenvalue weighted by atomic mass is 19.1. The van der Waals surface area contributed by atoms with Crippen LogP contribution in [-0.2, 0) is 11.2 Å². The summed E-state index contributed by atoms with van der Waals surface area (Å²) in [4.78, 5) is 12.5. The second-order valence-electron chi connectivity index (χ2n) is 12.0. The van der Waals surface area contributed by atoms with Crippen LogP contribution in [0.5, 0.6) is 5.75 Å². The van der Waals surface area contributed by atoms with E-state index >= 15 is 0 Å². The van der Waals surface area contributed by atoms with Crippen molar-refractivity contribution < 1.29 is 13.9 Å². The Morgan fingerprint density at radius 2 is 1.58 bits per heavy atom. The molecule has 0 amide bonds. The molecule has 2 nitrogen and oxygen atoms in total. The summed E-state index contributed by atoms with van der Waals surface area (Å²) in [5, 5.41) is 0. The summed E-state index contributed by atoms with van der Waals surface area (Å²) in [7, 11) is 0. The van der Waals surface area contributed by atoms with E-state index in [0.717, 1.165) is 49.0 Å². The molecule has 0 aromatic heterocycles. The van der Waals surface area contributed by atoms with Crippen LogP contribution in [-0.4, -0.2) is 5.97 Å². The normalized spacial score (nSPS) is 24.5. The summed E-state index contributed by atoms with van der Waals surface area (Å²) >= 11 is 0. The molecule has 36 heavy (non-hydrogen) atoms. The van der Waals surface area contributed by atoms with Gasteiger partial charge in [0.25, 0.3) is 0 Å². The maximum Gasteiger partial charge on any atom is 0.311 e. The third kappa shape index (κ3) is 10.2. The van der Waals surface area contributed by atoms with Gasteiger partial charge in [0.15, 0.2) is 0 Å². The molecule has 204 valence electrons. The summed E-state index contributed by atoms with van der Waals surface area (Å²) < 4.78 is 20.0. The number of unbranched alkanes of at least 4 members (excludes halogenated alkanes) is 6. The van der Waals surface area contributed by atoms with Crippen molar-refractivity contribution in [2.45, 2.75) is 142 Å². The summed E-state index contributed by atoms with van der Waals surface area (Å²) in [6, 6.07) is 4.95. The average molecular weight is 501 g/mol. The summed E-state index contributed by atoms with van der Waals surface area (Å²) in [6.45, 7) is 4.50. The summed E-state index contributed by atoms with van der Waals surface area (Å²) in [5.74, 6) is 3.29. The van der Waals surface area contributed by atoms with E-state index in [1.165, 1.54) is 102 Å². The Morgan fingerprint density at radius 3 is 2.33 bits per heavy atom. The van der Waals surface area contributed by atoms with Crippen LogP contribution in [0.3, 0.4) is 0 Å². The minimum atomic E-state index is -0.244. The van der Waals surface area contributed by atoms with Gasteiger partial charge in [0.1, 0.15) is 11.6 Å². The first kappa shape index (κ1) is 29.2. The van der Waals surface area contributed by atoms with Crippen LogP contribution in [0.15, 0.2) is 18.2 Å². The van der Waals surface area contributed by atoms with E-state index in [4.69, 9.17) is 4.74 Å². The largest absolute Gasteiger partial charge is 0.426 e. The molecule has 0 bridgehead atoms. The Bertz CT molecular complexity index is 752. The summed E-state index contributed by atoms with van der Waals surface area (Å²) in [6.07, 6.45) is 24.5. The Kier molecular flexibility index (Phi) is 13.3. The monoisotopic (exact) mass is 500 g/mol. The maximum absolute atomic E-state index is 14.5. The van der Waals surface area contributed by atoms with Crippen LogP contribution in [0.2, 0.25) is 0 Å². The molecule has 1 aromatic carbocycles. The quantitative estimate of drug-likeness (QED) is 0.136. The van der Waals surface area contributed by atoms with E-state index in [0.29, 0.717) is 18.1 Å². The molecule has 2 fully saturated rings. The first-order chi connectivity index (χ1) is 17.6. The van der Waals surface area contributed by atoms with E-state index in [2.05, 4.69) is 13.8 Å². The molecular weight excluding hydrogens is 447 g/mol. The molecule has 1 aromatic rings. The fourth-order valence-corrected chi connectivity index (χ4v) is 6.87. The van der Waals surface area contributed by atoms with Crippen molar-refractivity contribution in [3.63, 3.8) is 0 Å². The molecule has 2 atom stereocenters. The first-order valence-corrected chi connectivity index (χ1v) is 15.6. The number of esters is 1. The molecule has 0 radical (unpaired) electrons. The van der Waals surface area contributed by atoms with Crippen LogP contribution >= 0.6 is 0 Å². The van der Waals surface area contributed by atoms with Crippen LogP contribution in [0.1, 0.15) is 141 Å². The number of carbonyl (C=O) groups excluding carboxylic acids is 1. The molecule has 0 aliphatic heterocycles. The van der Waals surface area contributed by atoms with Gasteiger partial charge in [0, 0.05) is 12.5 Å². The molecule has 3 heteroatoms. The number of hydrogen-bond acceptors (Lipinski definition) is 2. The first-order valence-electron chi connectivity index (χ1n) is 15.6. The van der Waals surface area contributed by atoms with Gasteiger partial charge in [0.05, 0.1) is 0 Å². The minimum Gasteiger partial charge on any atom is -0.426 e. The zero-order chi connectivity index (χ0) is 25.6. The molecule has 3 rings (SSSR count). The molecule has 2 aliphatic rings. The van der Waals surface area contributed by atoms with Crippen molar-refractivity contribution in [1.82, 2.24) is 0 Å². The van der Waals surface area contributed by atoms with E-state index in [-0.39, 0.29) is 11.8 Å². The van der Waals surface area contributed by atoms with Gasteiger partial charge >= 0.3 is 5.97 Å². The molecular formula is C33H53FO2. The molecule has 0 heterocycles. The van der Waals surface area contributed by atoms with E-state index in [1.807, 2.05) is 0 Å². The zero-order valence-corrected chi connectivity index (χ0v) is 23.4. The van der Waals surface area contributed by atoms with Gasteiger partial charge in [0.2, 0.25) is 0 Å². The fourth-order valence-electron chi connectivity index (χ4n) is 6.87. The van der Waals surface area contributed by atoms with Crippen molar-refractivity contribution >= 4 is 5.97 Å². The van der Waals surface area contributed by atoms with Crippen LogP contribution < -0.4 is 4.74 Å². The SMILES string of the molecule is CCCCCCCc1ccc(OC(=O)CCC2CCC[C@H]([C@H]3CC[C@H](CCCCC)CC3)C2)cc1F. The standard InChI is InChI=1S/C33H53FO2/c1-3-5-7-8-10-14-29-21-22-31(25-32(29)34)36-33(35)23-18-27-13-11-15-30(24-27)28-19-16-26(17-20-28)12-9-6-4-2/h21-22,25-28,30H,3-20,23-24H2,1-2H3/t26-,27?,28-,30-/m0/s1. The number of benzene rings is 1. The second-order valence-corrected chi connectivity index (χ2v) is 12.0. The van der Waals surface area contributed by atoms with E-state index in [1.54, 1.807) is 12.1 Å². The number of rotatable bonds is 15. The smallest absolute Gasteiger partial charge is 0.311 e. The lowest BCUT2D eigenvalue weighted by Crippen LogP contribution is -2.27. The maximum atomic E-state index is 14.5. The van der Waals surface area contributed by atoms with Crippen molar-refractivity contribution in [2.24, 2.45) is 23.7 Å². The third-order valence-corrected chi connectivity index (χ3v) is 9.16. The Labute approximate surface area is 221 Å². The van der Waals surface area contributed by atoms with E-state index in [9.17, 15) is 9.18 Å². The molecule has 2 aliphatic carbocycles. The van der Waals surface area contributed by atoms with Crippen LogP contribution in [0.25, 0.3) is 0 Å². The third-order valence-electron chi connectivity index (χ3n) is 9.16. The van der Waals surface area contributed by atoms with Gasteiger partial charge in [-0.15, -0.1) is 0 Å². The number of halogens is 1. The zero-order valence-electron chi connectivity index (χ0n) is 23.4. The average Bonchev–Trinajstić information content (AvgIpc) is 2.89. The second kappa shape index (κ2) is 16.5. The predicted molar refractivity (Wildman–Crippen MR) is 149 cm³/mol. The van der Waals surface area contributed by atoms with Crippen LogP contribution in [0, 0.1) is 29.5 Å². The fraction of sp³-hybridized carbons (Fsp3) is 0.788. The number of carbonyl (C=O) groups is 1. The Balaban J connectivity index is 1.35. The number of ether oxygens (including phenoxy) is 1. The van der Waals surface area contributed by atoms with Crippen LogP contribution in [0.4, 0.5) is 4.39 Å². The lowest BCUT2D eigenvalue weighted by molar-refractivity contribution is -0.134. The van der Waals surface area contributed by atoms with Gasteiger partial charge in [-0.2, -0.15) is 0 Å². The molecule has 0 saturated heterocycles. The van der Waals surface area contributed by atoms with Crippen molar-refractivity contribution in [2.75, 3.05) is 0 Å². The molecule has 0 N–H and O–H groups in total. The van der Waals surface area contributed by atoms with Gasteiger partial charge in [-0.25, -0.2) is 4.39 Å². The highest BCUT2D eigenvalue weighted by Gasteiger charge is 2.31. The topological polar surface area (TPSA) is 26.3 Å². The lowest BCUT2D eigenvalue weighted by Gasteiger charge is -2.38. The predicted octanol–water partition coefficient (Wildman–Crippen LogP) is 10.2. The van der Waals surface area contributed by atoms with Crippen molar-refractivity contribution in [1.29, 1.82) is 0 Å². The minimum absolute atomic E-state index is 0.212. The van der Waals surface area contributed by atoms with Gasteiger partial charge in [-0.3, -0.25) is 4.79 Å².